The van der Waals surface area contributed by atoms with E-state index in [0.717, 1.165) is 25.2 Å². The van der Waals surface area contributed by atoms with E-state index >= 15 is 0 Å². The number of benzene rings is 1. The van der Waals surface area contributed by atoms with Gasteiger partial charge >= 0.3 is 0 Å². The third kappa shape index (κ3) is 2.27. The Morgan fingerprint density at radius 2 is 1.95 bits per heavy atom. The van der Waals surface area contributed by atoms with Crippen molar-refractivity contribution >= 4 is 11.4 Å². The summed E-state index contributed by atoms with van der Waals surface area (Å²) in [5, 5.41) is 10.6. The van der Waals surface area contributed by atoms with E-state index in [1.165, 1.54) is 11.1 Å². The van der Waals surface area contributed by atoms with Crippen LogP contribution >= 0.6 is 0 Å². The minimum atomic E-state index is -0.376. The van der Waals surface area contributed by atoms with Crippen LogP contribution < -0.4 is 4.90 Å². The number of hydrogen-bond acceptors (Lipinski definition) is 4. The SMILES string of the molecule is O=[N+]([O-])c1ccc(N2CCc3ccncc3C2)cc1. The third-order valence-corrected chi connectivity index (χ3v) is 3.44. The fourth-order valence-corrected chi connectivity index (χ4v) is 2.39. The Morgan fingerprint density at radius 3 is 2.68 bits per heavy atom. The van der Waals surface area contributed by atoms with E-state index in [2.05, 4.69) is 16.0 Å². The molecule has 2 heterocycles. The van der Waals surface area contributed by atoms with E-state index in [1.54, 1.807) is 24.3 Å². The lowest BCUT2D eigenvalue weighted by atomic mass is 10.0. The van der Waals surface area contributed by atoms with E-state index < -0.39 is 0 Å². The molecule has 0 saturated carbocycles. The molecule has 0 spiro atoms. The number of nitrogens with zero attached hydrogens (tertiary/aromatic N) is 3. The highest BCUT2D eigenvalue weighted by Gasteiger charge is 2.17. The number of aromatic nitrogens is 1. The normalized spacial score (nSPS) is 14.0. The van der Waals surface area contributed by atoms with Gasteiger partial charge in [0.05, 0.1) is 4.92 Å². The Kier molecular flexibility index (Phi) is 2.87. The zero-order valence-corrected chi connectivity index (χ0v) is 10.3. The van der Waals surface area contributed by atoms with Crippen molar-refractivity contribution in [2.45, 2.75) is 13.0 Å². The van der Waals surface area contributed by atoms with Gasteiger partial charge < -0.3 is 4.90 Å². The Labute approximate surface area is 110 Å². The summed E-state index contributed by atoms with van der Waals surface area (Å²) in [7, 11) is 0. The molecule has 0 atom stereocenters. The van der Waals surface area contributed by atoms with Gasteiger partial charge in [0.15, 0.2) is 0 Å². The lowest BCUT2D eigenvalue weighted by Gasteiger charge is -2.30. The molecule has 0 aliphatic carbocycles. The average Bonchev–Trinajstić information content (AvgIpc) is 2.47. The molecule has 0 saturated heterocycles. The molecule has 0 unspecified atom stereocenters. The molecule has 1 aliphatic heterocycles. The molecule has 5 heteroatoms. The van der Waals surface area contributed by atoms with Crippen LogP contribution in [0.2, 0.25) is 0 Å². The van der Waals surface area contributed by atoms with Crippen LogP contribution in [0.4, 0.5) is 11.4 Å². The van der Waals surface area contributed by atoms with Crippen molar-refractivity contribution < 1.29 is 4.92 Å². The predicted octanol–water partition coefficient (Wildman–Crippen LogP) is 2.55. The van der Waals surface area contributed by atoms with Gasteiger partial charge in [-0.3, -0.25) is 15.1 Å². The second-order valence-electron chi connectivity index (χ2n) is 4.59. The number of anilines is 1. The van der Waals surface area contributed by atoms with Crippen LogP contribution in [-0.2, 0) is 13.0 Å². The zero-order valence-electron chi connectivity index (χ0n) is 10.3. The van der Waals surface area contributed by atoms with Gasteiger partial charge in [0.1, 0.15) is 0 Å². The fraction of sp³-hybridized carbons (Fsp3) is 0.214. The van der Waals surface area contributed by atoms with Gasteiger partial charge in [-0.15, -0.1) is 0 Å². The maximum atomic E-state index is 10.6. The van der Waals surface area contributed by atoms with Crippen LogP contribution in [0, 0.1) is 10.1 Å². The molecule has 0 radical (unpaired) electrons. The van der Waals surface area contributed by atoms with Gasteiger partial charge in [0.2, 0.25) is 0 Å². The molecule has 19 heavy (non-hydrogen) atoms. The Hall–Kier alpha value is -2.43. The molecule has 3 rings (SSSR count). The van der Waals surface area contributed by atoms with Gasteiger partial charge in [-0.1, -0.05) is 0 Å². The first kappa shape index (κ1) is 11.6. The molecule has 96 valence electrons. The lowest BCUT2D eigenvalue weighted by molar-refractivity contribution is -0.384. The topological polar surface area (TPSA) is 59.3 Å². The summed E-state index contributed by atoms with van der Waals surface area (Å²) < 4.78 is 0. The summed E-state index contributed by atoms with van der Waals surface area (Å²) in [4.78, 5) is 16.6. The van der Waals surface area contributed by atoms with Gasteiger partial charge in [0.25, 0.3) is 5.69 Å². The van der Waals surface area contributed by atoms with E-state index in [0.29, 0.717) is 0 Å². The smallest absolute Gasteiger partial charge is 0.269 e. The Balaban J connectivity index is 1.83. The van der Waals surface area contributed by atoms with Crippen LogP contribution in [0.25, 0.3) is 0 Å². The molecule has 0 N–H and O–H groups in total. The van der Waals surface area contributed by atoms with Crippen LogP contribution in [0.3, 0.4) is 0 Å². The minimum absolute atomic E-state index is 0.128. The van der Waals surface area contributed by atoms with Crippen molar-refractivity contribution in [1.29, 1.82) is 0 Å². The molecule has 1 aliphatic rings. The van der Waals surface area contributed by atoms with E-state index in [-0.39, 0.29) is 10.6 Å². The molecule has 1 aromatic carbocycles. The molecule has 2 aromatic rings. The number of nitro benzene ring substituents is 1. The molecular weight excluding hydrogens is 242 g/mol. The third-order valence-electron chi connectivity index (χ3n) is 3.44. The van der Waals surface area contributed by atoms with Crippen molar-refractivity contribution in [3.8, 4) is 0 Å². The minimum Gasteiger partial charge on any atom is -0.367 e. The van der Waals surface area contributed by atoms with Crippen molar-refractivity contribution in [3.63, 3.8) is 0 Å². The highest BCUT2D eigenvalue weighted by Crippen LogP contribution is 2.25. The summed E-state index contributed by atoms with van der Waals surface area (Å²) in [5.74, 6) is 0. The van der Waals surface area contributed by atoms with Crippen molar-refractivity contribution in [1.82, 2.24) is 4.98 Å². The van der Waals surface area contributed by atoms with E-state index in [4.69, 9.17) is 0 Å². The number of non-ortho nitro benzene ring substituents is 1. The largest absolute Gasteiger partial charge is 0.367 e. The number of nitro groups is 1. The first-order valence-corrected chi connectivity index (χ1v) is 6.15. The Morgan fingerprint density at radius 1 is 1.16 bits per heavy atom. The van der Waals surface area contributed by atoms with Gasteiger partial charge in [-0.2, -0.15) is 0 Å². The first-order chi connectivity index (χ1) is 9.24. The second-order valence-corrected chi connectivity index (χ2v) is 4.59. The summed E-state index contributed by atoms with van der Waals surface area (Å²) in [5.41, 5.74) is 3.71. The van der Waals surface area contributed by atoms with E-state index in [1.807, 2.05) is 12.4 Å². The molecule has 5 nitrogen and oxygen atoms in total. The first-order valence-electron chi connectivity index (χ1n) is 6.15. The molecule has 0 amide bonds. The van der Waals surface area contributed by atoms with Crippen LogP contribution in [-0.4, -0.2) is 16.5 Å². The van der Waals surface area contributed by atoms with Crippen molar-refractivity contribution in [2.24, 2.45) is 0 Å². The summed E-state index contributed by atoms with van der Waals surface area (Å²) >= 11 is 0. The van der Waals surface area contributed by atoms with Crippen LogP contribution in [0.1, 0.15) is 11.1 Å². The number of rotatable bonds is 2. The summed E-state index contributed by atoms with van der Waals surface area (Å²) in [6.45, 7) is 1.73. The monoisotopic (exact) mass is 255 g/mol. The number of fused-ring (bicyclic) bond motifs is 1. The molecule has 0 fully saturated rings. The van der Waals surface area contributed by atoms with Crippen LogP contribution in [0.15, 0.2) is 42.7 Å². The molecule has 0 bridgehead atoms. The van der Waals surface area contributed by atoms with Crippen molar-refractivity contribution in [2.75, 3.05) is 11.4 Å². The average molecular weight is 255 g/mol. The summed E-state index contributed by atoms with van der Waals surface area (Å²) in [6, 6.07) is 8.77. The van der Waals surface area contributed by atoms with E-state index in [9.17, 15) is 10.1 Å². The van der Waals surface area contributed by atoms with Gasteiger partial charge in [0, 0.05) is 43.3 Å². The summed E-state index contributed by atoms with van der Waals surface area (Å²) in [6.07, 6.45) is 4.70. The quantitative estimate of drug-likeness (QED) is 0.611. The van der Waals surface area contributed by atoms with Gasteiger partial charge in [-0.25, -0.2) is 0 Å². The maximum absolute atomic E-state index is 10.6. The van der Waals surface area contributed by atoms with Crippen molar-refractivity contribution in [3.05, 3.63) is 64.0 Å². The number of pyridine rings is 1. The lowest BCUT2D eigenvalue weighted by Crippen LogP contribution is -2.30. The van der Waals surface area contributed by atoms with Gasteiger partial charge in [-0.05, 0) is 35.7 Å². The molecular formula is C14H13N3O2. The highest BCUT2D eigenvalue weighted by molar-refractivity contribution is 5.52. The number of hydrogen-bond donors (Lipinski definition) is 0. The zero-order chi connectivity index (χ0) is 13.2. The second kappa shape index (κ2) is 4.68. The Bertz CT molecular complexity index is 610. The highest BCUT2D eigenvalue weighted by atomic mass is 16.6. The van der Waals surface area contributed by atoms with Crippen LogP contribution in [0.5, 0.6) is 0 Å². The predicted molar refractivity (Wildman–Crippen MR) is 72.1 cm³/mol. The molecule has 1 aromatic heterocycles. The maximum Gasteiger partial charge on any atom is 0.269 e. The fourth-order valence-electron chi connectivity index (χ4n) is 2.39. The standard InChI is InChI=1S/C14H13N3O2/c18-17(19)14-3-1-13(2-4-14)16-8-6-11-5-7-15-9-12(11)10-16/h1-5,7,9H,6,8,10H2.